The summed E-state index contributed by atoms with van der Waals surface area (Å²) in [4.78, 5) is 15.5. The number of fused-ring (bicyclic) bond motifs is 2. The van der Waals surface area contributed by atoms with Crippen LogP contribution in [0.3, 0.4) is 0 Å². The normalized spacial score (nSPS) is 12.7. The van der Waals surface area contributed by atoms with Gasteiger partial charge in [0.2, 0.25) is 0 Å². The Bertz CT molecular complexity index is 968. The summed E-state index contributed by atoms with van der Waals surface area (Å²) in [6.45, 7) is 1.72. The van der Waals surface area contributed by atoms with Crippen molar-refractivity contribution in [1.29, 1.82) is 0 Å². The average molecular weight is 374 g/mol. The third-order valence-electron chi connectivity index (χ3n) is 4.53. The number of phenols is 1. The van der Waals surface area contributed by atoms with Crippen molar-refractivity contribution < 1.29 is 15.0 Å². The third kappa shape index (κ3) is 3.14. The van der Waals surface area contributed by atoms with Crippen molar-refractivity contribution in [3.63, 3.8) is 0 Å². The van der Waals surface area contributed by atoms with Crippen molar-refractivity contribution in [1.82, 2.24) is 15.6 Å². The zero-order valence-corrected chi connectivity index (χ0v) is 14.8. The van der Waals surface area contributed by atoms with E-state index in [1.54, 1.807) is 12.1 Å². The number of H-pyrrole nitrogens is 1. The smallest absolute Gasteiger partial charge is 0.252 e. The summed E-state index contributed by atoms with van der Waals surface area (Å²) in [5.41, 5.74) is 4.94. The monoisotopic (exact) mass is 373 g/mol. The van der Waals surface area contributed by atoms with Crippen molar-refractivity contribution in [2.24, 2.45) is 0 Å². The predicted molar refractivity (Wildman–Crippen MR) is 103 cm³/mol. The van der Waals surface area contributed by atoms with E-state index in [4.69, 9.17) is 5.11 Å². The Morgan fingerprint density at radius 1 is 1.15 bits per heavy atom. The van der Waals surface area contributed by atoms with E-state index in [2.05, 4.69) is 21.7 Å². The summed E-state index contributed by atoms with van der Waals surface area (Å²) in [6, 6.07) is 11.5. The maximum Gasteiger partial charge on any atom is 0.252 e. The Morgan fingerprint density at radius 3 is 2.81 bits per heavy atom. The van der Waals surface area contributed by atoms with E-state index in [1.807, 2.05) is 18.2 Å². The highest BCUT2D eigenvalue weighted by molar-refractivity contribution is 6.05. The van der Waals surface area contributed by atoms with Gasteiger partial charge in [0.25, 0.3) is 5.91 Å². The fourth-order valence-corrected chi connectivity index (χ4v) is 3.31. The summed E-state index contributed by atoms with van der Waals surface area (Å²) >= 11 is 0. The van der Waals surface area contributed by atoms with Gasteiger partial charge in [0.1, 0.15) is 5.75 Å². The van der Waals surface area contributed by atoms with Gasteiger partial charge in [-0.1, -0.05) is 6.07 Å². The molecule has 7 heteroatoms. The lowest BCUT2D eigenvalue weighted by Crippen LogP contribution is -2.17. The molecule has 1 aliphatic rings. The molecule has 2 aromatic carbocycles. The zero-order chi connectivity index (χ0) is 17.4. The second-order valence-corrected chi connectivity index (χ2v) is 6.17. The molecule has 0 radical (unpaired) electrons. The van der Waals surface area contributed by atoms with Crippen LogP contribution in [0.15, 0.2) is 36.4 Å². The molecule has 0 spiro atoms. The molecular formula is C19H20ClN3O3. The number of aliphatic hydroxyl groups is 1. The number of hydrogen-bond acceptors (Lipinski definition) is 4. The second kappa shape index (κ2) is 7.37. The number of aromatic amines is 1. The molecule has 1 aromatic heterocycles. The first-order valence-electron chi connectivity index (χ1n) is 8.24. The summed E-state index contributed by atoms with van der Waals surface area (Å²) in [7, 11) is 0. The SMILES string of the molecule is Cl.O=C1NCc2c(O)ccc(-c3cc4cc(CNCCO)ccc4[nH]3)c21. The molecule has 0 saturated heterocycles. The molecule has 1 aliphatic heterocycles. The van der Waals surface area contributed by atoms with Crippen molar-refractivity contribution in [3.8, 4) is 17.0 Å². The van der Waals surface area contributed by atoms with Gasteiger partial charge in [-0.2, -0.15) is 0 Å². The standard InChI is InChI=1S/C19H19N3O3.ClH/c23-6-5-20-9-11-1-3-15-12(7-11)8-16(22-15)13-2-4-17(24)14-10-21-19(25)18(13)14;/h1-4,7-8,20,22-24H,5-6,9-10H2,(H,21,25);1H. The molecule has 0 unspecified atom stereocenters. The first kappa shape index (κ1) is 18.3. The molecule has 5 N–H and O–H groups in total. The second-order valence-electron chi connectivity index (χ2n) is 6.17. The van der Waals surface area contributed by atoms with Crippen LogP contribution in [-0.2, 0) is 13.1 Å². The van der Waals surface area contributed by atoms with Crippen molar-refractivity contribution in [2.45, 2.75) is 13.1 Å². The highest BCUT2D eigenvalue weighted by Crippen LogP contribution is 2.35. The van der Waals surface area contributed by atoms with Crippen LogP contribution in [0.4, 0.5) is 0 Å². The summed E-state index contributed by atoms with van der Waals surface area (Å²) in [5.74, 6) is -0.0149. The van der Waals surface area contributed by atoms with Crippen LogP contribution in [0.5, 0.6) is 5.75 Å². The van der Waals surface area contributed by atoms with E-state index in [9.17, 15) is 9.90 Å². The van der Waals surface area contributed by atoms with Crippen LogP contribution >= 0.6 is 12.4 Å². The molecule has 6 nitrogen and oxygen atoms in total. The van der Waals surface area contributed by atoms with Gasteiger partial charge in [-0.3, -0.25) is 4.79 Å². The van der Waals surface area contributed by atoms with Crippen molar-refractivity contribution >= 4 is 29.2 Å². The van der Waals surface area contributed by atoms with E-state index >= 15 is 0 Å². The number of halogens is 1. The van der Waals surface area contributed by atoms with E-state index in [0.717, 1.165) is 27.7 Å². The molecule has 0 atom stereocenters. The molecule has 1 amide bonds. The molecular weight excluding hydrogens is 354 g/mol. The Kier molecular flexibility index (Phi) is 5.18. The lowest BCUT2D eigenvalue weighted by Gasteiger charge is -2.06. The first-order valence-corrected chi connectivity index (χ1v) is 8.24. The number of aromatic hydroxyl groups is 1. The summed E-state index contributed by atoms with van der Waals surface area (Å²) in [6.07, 6.45) is 0. The van der Waals surface area contributed by atoms with E-state index in [1.165, 1.54) is 0 Å². The molecule has 4 rings (SSSR count). The summed E-state index contributed by atoms with van der Waals surface area (Å²) in [5, 5.41) is 25.8. The molecule has 0 aliphatic carbocycles. The number of benzene rings is 2. The number of amides is 1. The number of rotatable bonds is 5. The van der Waals surface area contributed by atoms with Crippen LogP contribution in [0.2, 0.25) is 0 Å². The zero-order valence-electron chi connectivity index (χ0n) is 14.0. The maximum absolute atomic E-state index is 12.2. The molecule has 3 aromatic rings. The van der Waals surface area contributed by atoms with Gasteiger partial charge in [0.05, 0.1) is 12.2 Å². The van der Waals surface area contributed by atoms with Gasteiger partial charge < -0.3 is 25.8 Å². The molecule has 136 valence electrons. The van der Waals surface area contributed by atoms with Crippen LogP contribution in [0.25, 0.3) is 22.2 Å². The van der Waals surface area contributed by atoms with Crippen LogP contribution in [0, 0.1) is 0 Å². The fourth-order valence-electron chi connectivity index (χ4n) is 3.31. The molecule has 0 saturated carbocycles. The Labute approximate surface area is 156 Å². The van der Waals surface area contributed by atoms with Gasteiger partial charge in [-0.05, 0) is 35.9 Å². The quantitative estimate of drug-likeness (QED) is 0.443. The number of carbonyl (C=O) groups excluding carboxylic acids is 1. The van der Waals surface area contributed by atoms with Gasteiger partial charge in [-0.15, -0.1) is 12.4 Å². The van der Waals surface area contributed by atoms with E-state index < -0.39 is 0 Å². The number of aromatic nitrogens is 1. The number of hydrogen-bond donors (Lipinski definition) is 5. The topological polar surface area (TPSA) is 97.4 Å². The van der Waals surface area contributed by atoms with Gasteiger partial charge >= 0.3 is 0 Å². The lowest BCUT2D eigenvalue weighted by molar-refractivity contribution is 0.0966. The van der Waals surface area contributed by atoms with Crippen LogP contribution in [-0.4, -0.2) is 34.3 Å². The Morgan fingerprint density at radius 2 is 2.00 bits per heavy atom. The van der Waals surface area contributed by atoms with Gasteiger partial charge in [0, 0.05) is 47.4 Å². The first-order chi connectivity index (χ1) is 12.2. The minimum Gasteiger partial charge on any atom is -0.508 e. The van der Waals surface area contributed by atoms with Crippen LogP contribution < -0.4 is 10.6 Å². The van der Waals surface area contributed by atoms with E-state index in [0.29, 0.717) is 30.8 Å². The molecule has 26 heavy (non-hydrogen) atoms. The highest BCUT2D eigenvalue weighted by Gasteiger charge is 2.26. The lowest BCUT2D eigenvalue weighted by atomic mass is 9.99. The van der Waals surface area contributed by atoms with Gasteiger partial charge in [0.15, 0.2) is 0 Å². The highest BCUT2D eigenvalue weighted by atomic mass is 35.5. The third-order valence-corrected chi connectivity index (χ3v) is 4.53. The van der Waals surface area contributed by atoms with Gasteiger partial charge in [-0.25, -0.2) is 0 Å². The number of nitrogens with one attached hydrogen (secondary N) is 3. The predicted octanol–water partition coefficient (Wildman–Crippen LogP) is 2.29. The largest absolute Gasteiger partial charge is 0.508 e. The van der Waals surface area contributed by atoms with E-state index in [-0.39, 0.29) is 30.7 Å². The van der Waals surface area contributed by atoms with Crippen molar-refractivity contribution in [2.75, 3.05) is 13.2 Å². The summed E-state index contributed by atoms with van der Waals surface area (Å²) < 4.78 is 0. The van der Waals surface area contributed by atoms with Crippen LogP contribution in [0.1, 0.15) is 21.5 Å². The Hall–Kier alpha value is -2.54. The Balaban J connectivity index is 0.00000196. The molecule has 2 heterocycles. The maximum atomic E-state index is 12.2. The van der Waals surface area contributed by atoms with Crippen molar-refractivity contribution in [3.05, 3.63) is 53.1 Å². The average Bonchev–Trinajstić information content (AvgIpc) is 3.20. The molecule has 0 bridgehead atoms. The number of aliphatic hydroxyl groups excluding tert-OH is 1. The fraction of sp³-hybridized carbons (Fsp3) is 0.211. The number of carbonyl (C=O) groups is 1. The minimum atomic E-state index is -0.159. The minimum absolute atomic E-state index is 0. The molecule has 0 fully saturated rings. The number of phenolic OH excluding ortho intramolecular Hbond substituents is 1.